The Balaban J connectivity index is 2.54. The average Bonchev–Trinajstić information content (AvgIpc) is 2.60. The maximum Gasteiger partial charge on any atom is 0.0715 e. The van der Waals surface area contributed by atoms with Crippen LogP contribution in [0.15, 0.2) is 28.9 Å². The Labute approximate surface area is 103 Å². The van der Waals surface area contributed by atoms with Gasteiger partial charge in [0.15, 0.2) is 0 Å². The van der Waals surface area contributed by atoms with Crippen LogP contribution in [0, 0.1) is 13.8 Å². The molecule has 1 heterocycles. The maximum absolute atomic E-state index is 9.13. The summed E-state index contributed by atoms with van der Waals surface area (Å²) in [5.74, 6) is 0. The zero-order valence-corrected chi connectivity index (χ0v) is 10.8. The smallest absolute Gasteiger partial charge is 0.0715 e. The van der Waals surface area contributed by atoms with Crippen LogP contribution in [0.2, 0.25) is 0 Å². The van der Waals surface area contributed by atoms with Crippen LogP contribution in [0.25, 0.3) is 5.69 Å². The van der Waals surface area contributed by atoms with Gasteiger partial charge in [0.25, 0.3) is 0 Å². The molecule has 4 heteroatoms. The van der Waals surface area contributed by atoms with Crippen molar-refractivity contribution >= 4 is 15.9 Å². The van der Waals surface area contributed by atoms with E-state index in [1.54, 1.807) is 6.20 Å². The fraction of sp³-hybridized carbons (Fsp3) is 0.250. The Morgan fingerprint density at radius 1 is 1.38 bits per heavy atom. The first kappa shape index (κ1) is 11.4. The lowest BCUT2D eigenvalue weighted by molar-refractivity contribution is 0.281. The van der Waals surface area contributed by atoms with E-state index in [0.717, 1.165) is 27.0 Å². The van der Waals surface area contributed by atoms with Gasteiger partial charge in [-0.1, -0.05) is 15.9 Å². The molecular weight excluding hydrogens is 268 g/mol. The minimum Gasteiger partial charge on any atom is -0.392 e. The molecule has 0 atom stereocenters. The molecule has 0 fully saturated rings. The molecule has 0 radical (unpaired) electrons. The van der Waals surface area contributed by atoms with Crippen molar-refractivity contribution in [2.75, 3.05) is 0 Å². The first-order valence-electron chi connectivity index (χ1n) is 5.04. The molecule has 3 nitrogen and oxygen atoms in total. The molecule has 0 aliphatic carbocycles. The van der Waals surface area contributed by atoms with Gasteiger partial charge in [-0.05, 0) is 37.6 Å². The van der Waals surface area contributed by atoms with Gasteiger partial charge < -0.3 is 5.11 Å². The number of aliphatic hydroxyl groups excluding tert-OH is 1. The minimum atomic E-state index is 0.0292. The summed E-state index contributed by atoms with van der Waals surface area (Å²) in [6.07, 6.45) is 1.71. The standard InChI is InChI=1S/C12H13BrN2O/c1-8-5-11(13)3-4-12(8)15-9(2)10(7-16)6-14-15/h3-6,16H,7H2,1-2H3. The molecule has 0 aliphatic heterocycles. The number of hydrogen-bond donors (Lipinski definition) is 1. The molecule has 0 saturated heterocycles. The molecule has 84 valence electrons. The number of rotatable bonds is 2. The summed E-state index contributed by atoms with van der Waals surface area (Å²) in [4.78, 5) is 0. The lowest BCUT2D eigenvalue weighted by Gasteiger charge is -2.08. The highest BCUT2D eigenvalue weighted by molar-refractivity contribution is 9.10. The van der Waals surface area contributed by atoms with E-state index in [9.17, 15) is 0 Å². The second kappa shape index (κ2) is 4.39. The van der Waals surface area contributed by atoms with Gasteiger partial charge in [0, 0.05) is 15.7 Å². The monoisotopic (exact) mass is 280 g/mol. The predicted octanol–water partition coefficient (Wildman–Crippen LogP) is 2.74. The van der Waals surface area contributed by atoms with E-state index in [2.05, 4.69) is 27.1 Å². The zero-order valence-electron chi connectivity index (χ0n) is 9.24. The third-order valence-electron chi connectivity index (χ3n) is 2.67. The summed E-state index contributed by atoms with van der Waals surface area (Å²) >= 11 is 3.44. The van der Waals surface area contributed by atoms with Crippen LogP contribution >= 0.6 is 15.9 Å². The maximum atomic E-state index is 9.13. The molecule has 0 spiro atoms. The molecule has 1 aromatic carbocycles. The van der Waals surface area contributed by atoms with Crippen molar-refractivity contribution < 1.29 is 5.11 Å². The van der Waals surface area contributed by atoms with Crippen molar-refractivity contribution in [3.63, 3.8) is 0 Å². The first-order chi connectivity index (χ1) is 7.63. The fourth-order valence-electron chi connectivity index (χ4n) is 1.70. The van der Waals surface area contributed by atoms with Gasteiger partial charge in [0.05, 0.1) is 18.5 Å². The van der Waals surface area contributed by atoms with E-state index in [4.69, 9.17) is 5.11 Å². The third kappa shape index (κ3) is 1.90. The van der Waals surface area contributed by atoms with Crippen molar-refractivity contribution in [2.45, 2.75) is 20.5 Å². The number of aliphatic hydroxyl groups is 1. The van der Waals surface area contributed by atoms with E-state index in [-0.39, 0.29) is 6.61 Å². The van der Waals surface area contributed by atoms with Gasteiger partial charge >= 0.3 is 0 Å². The van der Waals surface area contributed by atoms with Gasteiger partial charge in [0.2, 0.25) is 0 Å². The quantitative estimate of drug-likeness (QED) is 0.919. The van der Waals surface area contributed by atoms with Crippen LogP contribution in [0.3, 0.4) is 0 Å². The van der Waals surface area contributed by atoms with E-state index < -0.39 is 0 Å². The van der Waals surface area contributed by atoms with Crippen molar-refractivity contribution in [3.8, 4) is 5.69 Å². The van der Waals surface area contributed by atoms with Gasteiger partial charge in [0.1, 0.15) is 0 Å². The number of hydrogen-bond acceptors (Lipinski definition) is 2. The Hall–Kier alpha value is -1.13. The molecule has 0 amide bonds. The third-order valence-corrected chi connectivity index (χ3v) is 3.16. The summed E-state index contributed by atoms with van der Waals surface area (Å²) in [6, 6.07) is 6.05. The summed E-state index contributed by atoms with van der Waals surface area (Å²) in [5, 5.41) is 13.4. The molecule has 16 heavy (non-hydrogen) atoms. The lowest BCUT2D eigenvalue weighted by atomic mass is 10.2. The Morgan fingerprint density at radius 3 is 2.69 bits per heavy atom. The van der Waals surface area contributed by atoms with Crippen LogP contribution in [0.1, 0.15) is 16.8 Å². The molecule has 1 N–H and O–H groups in total. The minimum absolute atomic E-state index is 0.0292. The highest BCUT2D eigenvalue weighted by atomic mass is 79.9. The number of halogens is 1. The Kier molecular flexibility index (Phi) is 3.12. The average molecular weight is 281 g/mol. The van der Waals surface area contributed by atoms with Gasteiger partial charge in [-0.15, -0.1) is 0 Å². The topological polar surface area (TPSA) is 38.0 Å². The van der Waals surface area contributed by atoms with Gasteiger partial charge in [-0.25, -0.2) is 4.68 Å². The van der Waals surface area contributed by atoms with Gasteiger partial charge in [-0.2, -0.15) is 5.10 Å². The fourth-order valence-corrected chi connectivity index (χ4v) is 2.17. The van der Waals surface area contributed by atoms with Crippen LogP contribution in [-0.4, -0.2) is 14.9 Å². The highest BCUT2D eigenvalue weighted by Crippen LogP contribution is 2.21. The molecule has 0 bridgehead atoms. The van der Waals surface area contributed by atoms with Crippen molar-refractivity contribution in [2.24, 2.45) is 0 Å². The lowest BCUT2D eigenvalue weighted by Crippen LogP contribution is -2.01. The van der Waals surface area contributed by atoms with E-state index >= 15 is 0 Å². The number of aryl methyl sites for hydroxylation is 1. The molecule has 2 rings (SSSR count). The van der Waals surface area contributed by atoms with Crippen LogP contribution in [0.4, 0.5) is 0 Å². The first-order valence-corrected chi connectivity index (χ1v) is 5.83. The largest absolute Gasteiger partial charge is 0.392 e. The summed E-state index contributed by atoms with van der Waals surface area (Å²) < 4.78 is 2.91. The van der Waals surface area contributed by atoms with E-state index in [1.165, 1.54) is 0 Å². The predicted molar refractivity (Wildman–Crippen MR) is 66.7 cm³/mol. The second-order valence-electron chi connectivity index (χ2n) is 3.76. The van der Waals surface area contributed by atoms with Crippen LogP contribution in [0.5, 0.6) is 0 Å². The highest BCUT2D eigenvalue weighted by Gasteiger charge is 2.09. The summed E-state index contributed by atoms with van der Waals surface area (Å²) in [6.45, 7) is 4.03. The van der Waals surface area contributed by atoms with Crippen molar-refractivity contribution in [1.29, 1.82) is 0 Å². The molecule has 0 unspecified atom stereocenters. The van der Waals surface area contributed by atoms with E-state index in [0.29, 0.717) is 0 Å². The van der Waals surface area contributed by atoms with Crippen molar-refractivity contribution in [3.05, 3.63) is 45.7 Å². The molecule has 0 saturated carbocycles. The zero-order chi connectivity index (χ0) is 11.7. The van der Waals surface area contributed by atoms with E-state index in [1.807, 2.05) is 30.7 Å². The normalized spacial score (nSPS) is 10.8. The second-order valence-corrected chi connectivity index (χ2v) is 4.67. The molecule has 0 aliphatic rings. The summed E-state index contributed by atoms with van der Waals surface area (Å²) in [5.41, 5.74) is 4.03. The Morgan fingerprint density at radius 2 is 2.12 bits per heavy atom. The van der Waals surface area contributed by atoms with Crippen LogP contribution in [-0.2, 0) is 6.61 Å². The molecular formula is C12H13BrN2O. The van der Waals surface area contributed by atoms with Crippen molar-refractivity contribution in [1.82, 2.24) is 9.78 Å². The number of aromatic nitrogens is 2. The Bertz CT molecular complexity index is 520. The summed E-state index contributed by atoms with van der Waals surface area (Å²) in [7, 11) is 0. The van der Waals surface area contributed by atoms with Gasteiger partial charge in [-0.3, -0.25) is 0 Å². The SMILES string of the molecule is Cc1cc(Br)ccc1-n1ncc(CO)c1C. The molecule has 1 aromatic heterocycles. The number of benzene rings is 1. The molecule has 2 aromatic rings. The number of nitrogens with zero attached hydrogens (tertiary/aromatic N) is 2. The van der Waals surface area contributed by atoms with Crippen LogP contribution < -0.4 is 0 Å².